The van der Waals surface area contributed by atoms with E-state index in [9.17, 15) is 13.2 Å². The highest BCUT2D eigenvalue weighted by Gasteiger charge is 2.33. The maximum Gasteiger partial charge on any atom is 0.435 e. The van der Waals surface area contributed by atoms with Crippen molar-refractivity contribution in [1.82, 2.24) is 15.1 Å². The molecular formula is C19H29F3N4. The first-order valence-electron chi connectivity index (χ1n) is 9.73. The molecule has 0 unspecified atom stereocenters. The lowest BCUT2D eigenvalue weighted by Gasteiger charge is -2.38. The van der Waals surface area contributed by atoms with Crippen molar-refractivity contribution in [3.05, 3.63) is 17.8 Å². The van der Waals surface area contributed by atoms with Crippen molar-refractivity contribution in [3.8, 4) is 0 Å². The lowest BCUT2D eigenvalue weighted by Crippen LogP contribution is -2.40. The van der Waals surface area contributed by atoms with Gasteiger partial charge in [-0.1, -0.05) is 0 Å². The molecule has 0 saturated carbocycles. The summed E-state index contributed by atoms with van der Waals surface area (Å²) in [5.74, 6) is 2.11. The molecule has 0 radical (unpaired) electrons. The first-order chi connectivity index (χ1) is 12.3. The number of likely N-dealkylation sites (tertiary alicyclic amines) is 1. The molecule has 0 atom stereocenters. The Hall–Kier alpha value is -1.37. The molecule has 4 nitrogen and oxygen atoms in total. The van der Waals surface area contributed by atoms with Crippen LogP contribution in [0.15, 0.2) is 12.1 Å². The standard InChI is InChI=1S/C19H29F3N4/c1-14(2)25-9-5-15(6-10-25)13-16-7-11-26(12-8-16)18-4-3-17(23-24-18)19(20,21)22/h3-4,14-16H,5-13H2,1-2H3. The predicted octanol–water partition coefficient (Wildman–Crippen LogP) is 4.22. The minimum Gasteiger partial charge on any atom is -0.355 e. The molecule has 0 N–H and O–H groups in total. The van der Waals surface area contributed by atoms with Crippen LogP contribution in [0.2, 0.25) is 0 Å². The molecule has 26 heavy (non-hydrogen) atoms. The largest absolute Gasteiger partial charge is 0.435 e. The van der Waals surface area contributed by atoms with Gasteiger partial charge in [0.05, 0.1) is 0 Å². The van der Waals surface area contributed by atoms with Gasteiger partial charge in [-0.3, -0.25) is 0 Å². The van der Waals surface area contributed by atoms with E-state index in [1.165, 1.54) is 38.4 Å². The van der Waals surface area contributed by atoms with Crippen LogP contribution in [-0.4, -0.2) is 47.3 Å². The number of hydrogen-bond acceptors (Lipinski definition) is 4. The molecule has 7 heteroatoms. The monoisotopic (exact) mass is 370 g/mol. The van der Waals surface area contributed by atoms with Crippen LogP contribution >= 0.6 is 0 Å². The average Bonchev–Trinajstić information content (AvgIpc) is 2.62. The summed E-state index contributed by atoms with van der Waals surface area (Å²) in [6, 6.07) is 3.11. The van der Waals surface area contributed by atoms with Crippen LogP contribution in [0.25, 0.3) is 0 Å². The van der Waals surface area contributed by atoms with Crippen molar-refractivity contribution in [2.75, 3.05) is 31.1 Å². The highest BCUT2D eigenvalue weighted by molar-refractivity contribution is 5.38. The van der Waals surface area contributed by atoms with Crippen molar-refractivity contribution in [2.24, 2.45) is 11.8 Å². The summed E-state index contributed by atoms with van der Waals surface area (Å²) < 4.78 is 37.8. The zero-order chi connectivity index (χ0) is 18.7. The lowest BCUT2D eigenvalue weighted by atomic mass is 9.82. The number of anilines is 1. The van der Waals surface area contributed by atoms with Gasteiger partial charge in [-0.05, 0) is 83.0 Å². The van der Waals surface area contributed by atoms with Gasteiger partial charge in [0.15, 0.2) is 11.5 Å². The molecule has 0 spiro atoms. The fraction of sp³-hybridized carbons (Fsp3) is 0.789. The topological polar surface area (TPSA) is 32.3 Å². The number of hydrogen-bond donors (Lipinski definition) is 0. The summed E-state index contributed by atoms with van der Waals surface area (Å²) in [5, 5.41) is 7.12. The summed E-state index contributed by atoms with van der Waals surface area (Å²) in [4.78, 5) is 4.62. The molecule has 0 bridgehead atoms. The van der Waals surface area contributed by atoms with E-state index in [2.05, 4.69) is 33.8 Å². The molecule has 2 fully saturated rings. The van der Waals surface area contributed by atoms with Crippen LogP contribution in [0.1, 0.15) is 51.6 Å². The minimum absolute atomic E-state index is 0.557. The van der Waals surface area contributed by atoms with Gasteiger partial charge < -0.3 is 9.80 Å². The summed E-state index contributed by atoms with van der Waals surface area (Å²) in [6.07, 6.45) is 1.63. The van der Waals surface area contributed by atoms with Crippen molar-refractivity contribution in [3.63, 3.8) is 0 Å². The molecule has 1 aromatic heterocycles. The van der Waals surface area contributed by atoms with Crippen LogP contribution in [0, 0.1) is 11.8 Å². The summed E-state index contributed by atoms with van der Waals surface area (Å²) in [5.41, 5.74) is -0.927. The second-order valence-electron chi connectivity index (χ2n) is 8.01. The van der Waals surface area contributed by atoms with Crippen molar-refractivity contribution < 1.29 is 13.2 Å². The van der Waals surface area contributed by atoms with Crippen molar-refractivity contribution in [2.45, 2.75) is 58.2 Å². The van der Waals surface area contributed by atoms with E-state index in [1.54, 1.807) is 0 Å². The summed E-state index contributed by atoms with van der Waals surface area (Å²) in [7, 11) is 0. The van der Waals surface area contributed by atoms with E-state index in [-0.39, 0.29) is 0 Å². The Morgan fingerprint density at radius 2 is 1.54 bits per heavy atom. The Morgan fingerprint density at radius 1 is 0.962 bits per heavy atom. The molecule has 3 rings (SSSR count). The SMILES string of the molecule is CC(C)N1CCC(CC2CCN(c3ccc(C(F)(F)F)nn3)CC2)CC1. The molecular weight excluding hydrogens is 341 g/mol. The Bertz CT molecular complexity index is 557. The van der Waals surface area contributed by atoms with Gasteiger partial charge in [0.1, 0.15) is 0 Å². The number of piperidine rings is 2. The molecule has 146 valence electrons. The van der Waals surface area contributed by atoms with Gasteiger partial charge in [0.25, 0.3) is 0 Å². The molecule has 2 saturated heterocycles. The van der Waals surface area contributed by atoms with Crippen LogP contribution < -0.4 is 4.90 Å². The van der Waals surface area contributed by atoms with Gasteiger partial charge >= 0.3 is 6.18 Å². The molecule has 2 aliphatic heterocycles. The van der Waals surface area contributed by atoms with Gasteiger partial charge in [-0.15, -0.1) is 10.2 Å². The van der Waals surface area contributed by atoms with Crippen LogP contribution in [-0.2, 0) is 6.18 Å². The van der Waals surface area contributed by atoms with Gasteiger partial charge in [-0.2, -0.15) is 13.2 Å². The van der Waals surface area contributed by atoms with Crippen LogP contribution in [0.5, 0.6) is 0 Å². The number of halogens is 3. The molecule has 1 aromatic rings. The third-order valence-corrected chi connectivity index (χ3v) is 5.93. The smallest absolute Gasteiger partial charge is 0.355 e. The zero-order valence-electron chi connectivity index (χ0n) is 15.7. The summed E-state index contributed by atoms with van der Waals surface area (Å²) >= 11 is 0. The number of rotatable bonds is 4. The predicted molar refractivity (Wildman–Crippen MR) is 96.0 cm³/mol. The maximum atomic E-state index is 12.6. The van der Waals surface area contributed by atoms with Gasteiger partial charge in [-0.25, -0.2) is 0 Å². The van der Waals surface area contributed by atoms with Gasteiger partial charge in [0.2, 0.25) is 0 Å². The molecule has 0 aliphatic carbocycles. The Kier molecular flexibility index (Phi) is 6.05. The van der Waals surface area contributed by atoms with E-state index in [0.717, 1.165) is 43.8 Å². The van der Waals surface area contributed by atoms with E-state index >= 15 is 0 Å². The molecule has 0 aromatic carbocycles. The van der Waals surface area contributed by atoms with E-state index in [1.807, 2.05) is 0 Å². The number of alkyl halides is 3. The second kappa shape index (κ2) is 8.11. The quantitative estimate of drug-likeness (QED) is 0.794. The fourth-order valence-electron chi connectivity index (χ4n) is 4.22. The van der Waals surface area contributed by atoms with Gasteiger partial charge in [0, 0.05) is 19.1 Å². The fourth-order valence-corrected chi connectivity index (χ4v) is 4.22. The minimum atomic E-state index is -4.43. The Morgan fingerprint density at radius 3 is 2.00 bits per heavy atom. The van der Waals surface area contributed by atoms with Crippen LogP contribution in [0.4, 0.5) is 19.0 Å². The zero-order valence-corrected chi connectivity index (χ0v) is 15.7. The average molecular weight is 370 g/mol. The maximum absolute atomic E-state index is 12.6. The van der Waals surface area contributed by atoms with Crippen molar-refractivity contribution in [1.29, 1.82) is 0 Å². The number of nitrogens with zero attached hydrogens (tertiary/aromatic N) is 4. The molecule has 3 heterocycles. The first kappa shape index (κ1) is 19.4. The highest BCUT2D eigenvalue weighted by atomic mass is 19.4. The van der Waals surface area contributed by atoms with Crippen molar-refractivity contribution >= 4 is 5.82 Å². The second-order valence-corrected chi connectivity index (χ2v) is 8.01. The van der Waals surface area contributed by atoms with E-state index in [0.29, 0.717) is 11.9 Å². The van der Waals surface area contributed by atoms with Crippen LogP contribution in [0.3, 0.4) is 0 Å². The molecule has 2 aliphatic rings. The third-order valence-electron chi connectivity index (χ3n) is 5.93. The normalized spacial score (nSPS) is 21.5. The Labute approximate surface area is 153 Å². The lowest BCUT2D eigenvalue weighted by molar-refractivity contribution is -0.141. The van der Waals surface area contributed by atoms with E-state index in [4.69, 9.17) is 0 Å². The number of aromatic nitrogens is 2. The van der Waals surface area contributed by atoms with E-state index < -0.39 is 11.9 Å². The Balaban J connectivity index is 1.44. The third kappa shape index (κ3) is 4.87. The highest BCUT2D eigenvalue weighted by Crippen LogP contribution is 2.32. The summed E-state index contributed by atoms with van der Waals surface area (Å²) in [6.45, 7) is 8.66. The first-order valence-corrected chi connectivity index (χ1v) is 9.73. The molecule has 0 amide bonds.